The molecule has 1 N–H and O–H groups in total. The summed E-state index contributed by atoms with van der Waals surface area (Å²) in [7, 11) is 3.09. The van der Waals surface area contributed by atoms with E-state index in [4.69, 9.17) is 18.9 Å². The van der Waals surface area contributed by atoms with Gasteiger partial charge in [-0.1, -0.05) is 37.5 Å². The first-order chi connectivity index (χ1) is 18.6. The molecule has 0 saturated heterocycles. The van der Waals surface area contributed by atoms with Crippen molar-refractivity contribution >= 4 is 28.8 Å². The van der Waals surface area contributed by atoms with E-state index in [0.29, 0.717) is 28.7 Å². The zero-order chi connectivity index (χ0) is 26.5. The summed E-state index contributed by atoms with van der Waals surface area (Å²) in [5.41, 5.74) is 0.493. The molecule has 1 saturated carbocycles. The van der Waals surface area contributed by atoms with Gasteiger partial charge in [-0.3, -0.25) is 14.5 Å². The molecule has 0 bridgehead atoms. The molecule has 8 nitrogen and oxygen atoms in total. The van der Waals surface area contributed by atoms with Crippen molar-refractivity contribution in [3.63, 3.8) is 0 Å². The molecule has 5 rings (SSSR count). The predicted molar refractivity (Wildman–Crippen MR) is 145 cm³/mol. The lowest BCUT2D eigenvalue weighted by atomic mass is 9.95. The molecular weight excluding hydrogens is 504 g/mol. The molecule has 1 aromatic heterocycles. The molecule has 2 amide bonds. The monoisotopic (exact) mass is 536 g/mol. The minimum Gasteiger partial charge on any atom is -0.493 e. The van der Waals surface area contributed by atoms with Crippen molar-refractivity contribution in [3.8, 4) is 23.0 Å². The van der Waals surface area contributed by atoms with Crippen LogP contribution >= 0.6 is 11.3 Å². The fourth-order valence-corrected chi connectivity index (χ4v) is 5.84. The minimum atomic E-state index is -0.942. The highest BCUT2D eigenvalue weighted by Gasteiger charge is 2.40. The van der Waals surface area contributed by atoms with Crippen LogP contribution < -0.4 is 29.2 Å². The Morgan fingerprint density at radius 1 is 0.974 bits per heavy atom. The van der Waals surface area contributed by atoms with E-state index in [1.807, 2.05) is 29.6 Å². The van der Waals surface area contributed by atoms with Crippen molar-refractivity contribution in [2.45, 2.75) is 50.3 Å². The number of methoxy groups -OCH3 is 2. The second-order valence-electron chi connectivity index (χ2n) is 9.37. The molecule has 2 unspecified atom stereocenters. The predicted octanol–water partition coefficient (Wildman–Crippen LogP) is 5.13. The normalized spacial score (nSPS) is 17.8. The molecule has 200 valence electrons. The van der Waals surface area contributed by atoms with Gasteiger partial charge in [-0.25, -0.2) is 0 Å². The zero-order valence-electron chi connectivity index (χ0n) is 21.6. The minimum absolute atomic E-state index is 0.0288. The number of thiophene rings is 1. The van der Waals surface area contributed by atoms with Gasteiger partial charge < -0.3 is 24.3 Å². The second-order valence-corrected chi connectivity index (χ2v) is 10.4. The Kier molecular flexibility index (Phi) is 8.03. The lowest BCUT2D eigenvalue weighted by molar-refractivity contribution is -0.132. The molecule has 2 atom stereocenters. The summed E-state index contributed by atoms with van der Waals surface area (Å²) < 4.78 is 22.9. The summed E-state index contributed by atoms with van der Waals surface area (Å²) in [5, 5.41) is 5.13. The number of ether oxygens (including phenoxy) is 4. The molecule has 0 radical (unpaired) electrons. The topological polar surface area (TPSA) is 86.3 Å². The molecule has 2 aromatic carbocycles. The Morgan fingerprint density at radius 3 is 2.45 bits per heavy atom. The SMILES string of the molecule is COc1ccc(N(C(=O)C2COc3ccccc3O2)C(C(=O)NC2CCCCC2)c2cccs2)cc1OC. The number of anilines is 1. The van der Waals surface area contributed by atoms with Crippen molar-refractivity contribution < 1.29 is 28.5 Å². The van der Waals surface area contributed by atoms with E-state index < -0.39 is 12.1 Å². The average Bonchev–Trinajstić information content (AvgIpc) is 3.49. The van der Waals surface area contributed by atoms with E-state index >= 15 is 0 Å². The number of carbonyl (C=O) groups excluding carboxylic acids is 2. The lowest BCUT2D eigenvalue weighted by Gasteiger charge is -2.36. The van der Waals surface area contributed by atoms with Gasteiger partial charge in [0.15, 0.2) is 23.0 Å². The molecular formula is C29H32N2O6S. The smallest absolute Gasteiger partial charge is 0.272 e. The summed E-state index contributed by atoms with van der Waals surface area (Å²) >= 11 is 1.43. The number of rotatable bonds is 8. The number of hydrogen-bond donors (Lipinski definition) is 1. The summed E-state index contributed by atoms with van der Waals surface area (Å²) in [6.07, 6.45) is 4.27. The Labute approximate surface area is 226 Å². The number of nitrogens with zero attached hydrogens (tertiary/aromatic N) is 1. The maximum Gasteiger partial charge on any atom is 0.272 e. The van der Waals surface area contributed by atoms with Crippen LogP contribution in [0.25, 0.3) is 0 Å². The van der Waals surface area contributed by atoms with Gasteiger partial charge in [0.2, 0.25) is 12.0 Å². The van der Waals surface area contributed by atoms with E-state index in [0.717, 1.165) is 30.6 Å². The van der Waals surface area contributed by atoms with Crippen molar-refractivity contribution in [2.75, 3.05) is 25.7 Å². The molecule has 1 fully saturated rings. The van der Waals surface area contributed by atoms with Crippen LogP contribution in [0.15, 0.2) is 60.0 Å². The highest BCUT2D eigenvalue weighted by atomic mass is 32.1. The fraction of sp³-hybridized carbons (Fsp3) is 0.379. The summed E-state index contributed by atoms with van der Waals surface area (Å²) in [6.45, 7) is 0.0288. The van der Waals surface area contributed by atoms with Crippen LogP contribution in [-0.2, 0) is 9.59 Å². The van der Waals surface area contributed by atoms with E-state index in [9.17, 15) is 9.59 Å². The number of nitrogens with one attached hydrogen (secondary N) is 1. The van der Waals surface area contributed by atoms with Crippen LogP contribution in [0.5, 0.6) is 23.0 Å². The maximum absolute atomic E-state index is 14.3. The van der Waals surface area contributed by atoms with Gasteiger partial charge >= 0.3 is 0 Å². The number of para-hydroxylation sites is 2. The lowest BCUT2D eigenvalue weighted by Crippen LogP contribution is -2.52. The van der Waals surface area contributed by atoms with Crippen molar-refractivity contribution in [1.82, 2.24) is 5.32 Å². The number of fused-ring (bicyclic) bond motifs is 1. The van der Waals surface area contributed by atoms with Crippen molar-refractivity contribution in [1.29, 1.82) is 0 Å². The molecule has 2 aliphatic rings. The van der Waals surface area contributed by atoms with Gasteiger partial charge in [0.1, 0.15) is 12.6 Å². The van der Waals surface area contributed by atoms with Crippen LogP contribution in [0.4, 0.5) is 5.69 Å². The van der Waals surface area contributed by atoms with Gasteiger partial charge in [0.25, 0.3) is 5.91 Å². The highest BCUT2D eigenvalue weighted by molar-refractivity contribution is 7.10. The first-order valence-corrected chi connectivity index (χ1v) is 13.7. The Bertz CT molecular complexity index is 1260. The first kappa shape index (κ1) is 25.9. The summed E-state index contributed by atoms with van der Waals surface area (Å²) in [5.74, 6) is 1.44. The largest absolute Gasteiger partial charge is 0.493 e. The molecule has 38 heavy (non-hydrogen) atoms. The van der Waals surface area contributed by atoms with Gasteiger partial charge in [0.05, 0.1) is 14.2 Å². The maximum atomic E-state index is 14.3. The molecule has 1 aliphatic carbocycles. The summed E-state index contributed by atoms with van der Waals surface area (Å²) in [6, 6.07) is 15.4. The summed E-state index contributed by atoms with van der Waals surface area (Å²) in [4.78, 5) is 30.5. The Hall–Kier alpha value is -3.72. The second kappa shape index (κ2) is 11.8. The van der Waals surface area contributed by atoms with Gasteiger partial charge in [0, 0.05) is 22.7 Å². The quantitative estimate of drug-likeness (QED) is 0.430. The molecule has 1 aliphatic heterocycles. The van der Waals surface area contributed by atoms with Gasteiger partial charge in [-0.05, 0) is 48.6 Å². The number of amides is 2. The molecule has 3 aromatic rings. The van der Waals surface area contributed by atoms with Crippen LogP contribution in [0.2, 0.25) is 0 Å². The van der Waals surface area contributed by atoms with E-state index in [-0.39, 0.29) is 24.5 Å². The third-order valence-electron chi connectivity index (χ3n) is 6.94. The fourth-order valence-electron chi connectivity index (χ4n) is 5.02. The molecule has 9 heteroatoms. The van der Waals surface area contributed by atoms with Crippen molar-refractivity contribution in [2.24, 2.45) is 0 Å². The molecule has 0 spiro atoms. The number of benzene rings is 2. The molecule has 2 heterocycles. The third-order valence-corrected chi connectivity index (χ3v) is 7.86. The van der Waals surface area contributed by atoms with E-state index in [1.165, 1.54) is 29.8 Å². The van der Waals surface area contributed by atoms with Crippen LogP contribution in [0, 0.1) is 0 Å². The standard InChI is InChI=1S/C29H32N2O6S/c1-34-21-15-14-20(17-24(21)35-2)31(29(33)25-18-36-22-11-6-7-12-23(22)37-25)27(26-13-8-16-38-26)28(32)30-19-9-4-3-5-10-19/h6-8,11-17,19,25,27H,3-5,9-10,18H2,1-2H3,(H,30,32). The van der Waals surface area contributed by atoms with Crippen LogP contribution in [-0.4, -0.2) is 44.8 Å². The zero-order valence-corrected chi connectivity index (χ0v) is 22.4. The Morgan fingerprint density at radius 2 is 1.74 bits per heavy atom. The van der Waals surface area contributed by atoms with Crippen LogP contribution in [0.1, 0.15) is 43.0 Å². The van der Waals surface area contributed by atoms with Gasteiger partial charge in [-0.2, -0.15) is 0 Å². The first-order valence-electron chi connectivity index (χ1n) is 12.9. The average molecular weight is 537 g/mol. The third kappa shape index (κ3) is 5.43. The van der Waals surface area contributed by atoms with Crippen LogP contribution in [0.3, 0.4) is 0 Å². The van der Waals surface area contributed by atoms with Crippen molar-refractivity contribution in [3.05, 3.63) is 64.9 Å². The highest BCUT2D eigenvalue weighted by Crippen LogP contribution is 2.38. The van der Waals surface area contributed by atoms with Gasteiger partial charge in [-0.15, -0.1) is 11.3 Å². The number of carbonyl (C=O) groups is 2. The van der Waals surface area contributed by atoms with E-state index in [1.54, 1.807) is 37.4 Å². The van der Waals surface area contributed by atoms with E-state index in [2.05, 4.69) is 5.32 Å². The Balaban J connectivity index is 1.55. The number of hydrogen-bond acceptors (Lipinski definition) is 7.